The molecule has 0 atom stereocenters. The molecule has 3 N–H and O–H groups in total. The number of nitrogens with two attached hydrogens (primary N) is 1. The molecule has 4 nitrogen and oxygen atoms in total. The lowest BCUT2D eigenvalue weighted by atomic mass is 10.1. The van der Waals surface area contributed by atoms with Gasteiger partial charge in [-0.25, -0.2) is 0 Å². The SMILES string of the molecule is NCC(=O)c1ccc(OCc2ccccc2)c(CO)c1. The highest BCUT2D eigenvalue weighted by Gasteiger charge is 2.09. The molecule has 0 aliphatic carbocycles. The van der Waals surface area contributed by atoms with Crippen LogP contribution >= 0.6 is 0 Å². The number of carbonyl (C=O) groups is 1. The number of aliphatic hydroxyl groups excluding tert-OH is 1. The van der Waals surface area contributed by atoms with Crippen molar-refractivity contribution < 1.29 is 14.6 Å². The number of ether oxygens (including phenoxy) is 1. The number of hydrogen-bond acceptors (Lipinski definition) is 4. The monoisotopic (exact) mass is 271 g/mol. The summed E-state index contributed by atoms with van der Waals surface area (Å²) in [5.41, 5.74) is 7.44. The molecule has 0 spiro atoms. The van der Waals surface area contributed by atoms with Crippen LogP contribution in [0.3, 0.4) is 0 Å². The van der Waals surface area contributed by atoms with Crippen molar-refractivity contribution in [3.8, 4) is 5.75 Å². The van der Waals surface area contributed by atoms with E-state index in [1.165, 1.54) is 0 Å². The molecule has 2 rings (SSSR count). The quantitative estimate of drug-likeness (QED) is 0.787. The molecular weight excluding hydrogens is 254 g/mol. The lowest BCUT2D eigenvalue weighted by Gasteiger charge is -2.11. The predicted octanol–water partition coefficient (Wildman–Crippen LogP) is 1.90. The van der Waals surface area contributed by atoms with Crippen molar-refractivity contribution in [3.05, 3.63) is 65.2 Å². The molecule has 4 heteroatoms. The molecule has 20 heavy (non-hydrogen) atoms. The number of aliphatic hydroxyl groups is 1. The summed E-state index contributed by atoms with van der Waals surface area (Å²) in [6.07, 6.45) is 0. The van der Waals surface area contributed by atoms with Gasteiger partial charge in [-0.05, 0) is 23.8 Å². The van der Waals surface area contributed by atoms with Gasteiger partial charge in [0.1, 0.15) is 12.4 Å². The highest BCUT2D eigenvalue weighted by molar-refractivity contribution is 5.97. The Balaban J connectivity index is 2.13. The molecule has 2 aromatic rings. The van der Waals surface area contributed by atoms with Gasteiger partial charge >= 0.3 is 0 Å². The highest BCUT2D eigenvalue weighted by Crippen LogP contribution is 2.21. The predicted molar refractivity (Wildman–Crippen MR) is 76.5 cm³/mol. The highest BCUT2D eigenvalue weighted by atomic mass is 16.5. The summed E-state index contributed by atoms with van der Waals surface area (Å²) in [5.74, 6) is 0.416. The zero-order valence-electron chi connectivity index (χ0n) is 11.1. The fourth-order valence-electron chi connectivity index (χ4n) is 1.87. The van der Waals surface area contributed by atoms with E-state index in [1.54, 1.807) is 18.2 Å². The van der Waals surface area contributed by atoms with Gasteiger partial charge in [0.2, 0.25) is 0 Å². The minimum atomic E-state index is -0.185. The van der Waals surface area contributed by atoms with Gasteiger partial charge in [0.15, 0.2) is 5.78 Å². The van der Waals surface area contributed by atoms with Crippen molar-refractivity contribution in [2.75, 3.05) is 6.54 Å². The van der Waals surface area contributed by atoms with Crippen LogP contribution in [0, 0.1) is 0 Å². The second kappa shape index (κ2) is 6.84. The summed E-state index contributed by atoms with van der Waals surface area (Å²) in [4.78, 5) is 11.5. The molecule has 104 valence electrons. The number of benzene rings is 2. The fourth-order valence-corrected chi connectivity index (χ4v) is 1.87. The maximum Gasteiger partial charge on any atom is 0.176 e. The molecule has 0 aliphatic heterocycles. The van der Waals surface area contributed by atoms with Gasteiger partial charge in [-0.3, -0.25) is 4.79 Å². The summed E-state index contributed by atoms with van der Waals surface area (Å²) in [7, 11) is 0. The first-order chi connectivity index (χ1) is 9.74. The van der Waals surface area contributed by atoms with Crippen molar-refractivity contribution in [2.45, 2.75) is 13.2 Å². The topological polar surface area (TPSA) is 72.6 Å². The van der Waals surface area contributed by atoms with Crippen LogP contribution in [0.25, 0.3) is 0 Å². The second-order valence-electron chi connectivity index (χ2n) is 4.38. The minimum absolute atomic E-state index is 0.0465. The van der Waals surface area contributed by atoms with E-state index < -0.39 is 0 Å². The van der Waals surface area contributed by atoms with Crippen LogP contribution in [0.1, 0.15) is 21.5 Å². The standard InChI is InChI=1S/C16H17NO3/c17-9-15(19)13-6-7-16(14(8-13)10-18)20-11-12-4-2-1-3-5-12/h1-8,18H,9-11,17H2. The van der Waals surface area contributed by atoms with Crippen LogP contribution in [0.2, 0.25) is 0 Å². The van der Waals surface area contributed by atoms with Crippen LogP contribution in [0.15, 0.2) is 48.5 Å². The second-order valence-corrected chi connectivity index (χ2v) is 4.38. The maximum absolute atomic E-state index is 11.5. The summed E-state index contributed by atoms with van der Waals surface area (Å²) < 4.78 is 5.68. The van der Waals surface area contributed by atoms with Gasteiger partial charge < -0.3 is 15.6 Å². The largest absolute Gasteiger partial charge is 0.489 e. The van der Waals surface area contributed by atoms with Crippen LogP contribution in [0.4, 0.5) is 0 Å². The van der Waals surface area contributed by atoms with Crippen molar-refractivity contribution in [3.63, 3.8) is 0 Å². The molecular formula is C16H17NO3. The van der Waals surface area contributed by atoms with Gasteiger partial charge in [-0.15, -0.1) is 0 Å². The van der Waals surface area contributed by atoms with Gasteiger partial charge in [-0.2, -0.15) is 0 Å². The molecule has 0 bridgehead atoms. The minimum Gasteiger partial charge on any atom is -0.489 e. The first-order valence-electron chi connectivity index (χ1n) is 6.38. The number of Topliss-reactive ketones (excluding diaryl/α,β-unsaturated/α-hetero) is 1. The Hall–Kier alpha value is -2.17. The average molecular weight is 271 g/mol. The Morgan fingerprint density at radius 2 is 1.90 bits per heavy atom. The molecule has 0 aliphatic rings. The summed E-state index contributed by atoms with van der Waals surface area (Å²) in [5, 5.41) is 9.37. The number of ketones is 1. The Morgan fingerprint density at radius 3 is 2.55 bits per heavy atom. The van der Waals surface area contributed by atoms with Gasteiger partial charge in [-0.1, -0.05) is 30.3 Å². The summed E-state index contributed by atoms with van der Waals surface area (Å²) >= 11 is 0. The third kappa shape index (κ3) is 3.44. The van der Waals surface area contributed by atoms with E-state index in [0.29, 0.717) is 23.5 Å². The molecule has 0 saturated heterocycles. The van der Waals surface area contributed by atoms with E-state index in [9.17, 15) is 9.90 Å². The van der Waals surface area contributed by atoms with E-state index in [0.717, 1.165) is 5.56 Å². The van der Waals surface area contributed by atoms with E-state index in [4.69, 9.17) is 10.5 Å². The molecule has 0 heterocycles. The lowest BCUT2D eigenvalue weighted by Crippen LogP contribution is -2.14. The van der Waals surface area contributed by atoms with E-state index in [-0.39, 0.29) is 18.9 Å². The fraction of sp³-hybridized carbons (Fsp3) is 0.188. The van der Waals surface area contributed by atoms with Gasteiger partial charge in [0.25, 0.3) is 0 Å². The third-order valence-electron chi connectivity index (χ3n) is 2.98. The van der Waals surface area contributed by atoms with Crippen LogP contribution in [0.5, 0.6) is 5.75 Å². The van der Waals surface area contributed by atoms with Crippen LogP contribution in [-0.2, 0) is 13.2 Å². The molecule has 0 radical (unpaired) electrons. The first kappa shape index (κ1) is 14.2. The van der Waals surface area contributed by atoms with Gasteiger partial charge in [0.05, 0.1) is 13.2 Å². The molecule has 0 aromatic heterocycles. The maximum atomic E-state index is 11.5. The lowest BCUT2D eigenvalue weighted by molar-refractivity contribution is 0.100. The molecule has 0 saturated carbocycles. The zero-order valence-corrected chi connectivity index (χ0v) is 11.1. The number of carbonyl (C=O) groups excluding carboxylic acids is 1. The van der Waals surface area contributed by atoms with Crippen molar-refractivity contribution in [2.24, 2.45) is 5.73 Å². The number of rotatable bonds is 6. The third-order valence-corrected chi connectivity index (χ3v) is 2.98. The molecule has 2 aromatic carbocycles. The average Bonchev–Trinajstić information content (AvgIpc) is 2.53. The Morgan fingerprint density at radius 1 is 1.15 bits per heavy atom. The first-order valence-corrected chi connectivity index (χ1v) is 6.38. The summed E-state index contributed by atoms with van der Waals surface area (Å²) in [6.45, 7) is 0.183. The number of hydrogen-bond donors (Lipinski definition) is 2. The Bertz CT molecular complexity index is 582. The van der Waals surface area contributed by atoms with Crippen LogP contribution < -0.4 is 10.5 Å². The molecule has 0 unspecified atom stereocenters. The zero-order chi connectivity index (χ0) is 14.4. The smallest absolute Gasteiger partial charge is 0.176 e. The summed E-state index contributed by atoms with van der Waals surface area (Å²) in [6, 6.07) is 14.7. The Kier molecular flexibility index (Phi) is 4.87. The van der Waals surface area contributed by atoms with E-state index in [2.05, 4.69) is 0 Å². The Labute approximate surface area is 117 Å². The van der Waals surface area contributed by atoms with E-state index in [1.807, 2.05) is 30.3 Å². The molecule has 0 amide bonds. The molecule has 0 fully saturated rings. The van der Waals surface area contributed by atoms with Gasteiger partial charge in [0, 0.05) is 11.1 Å². The van der Waals surface area contributed by atoms with E-state index >= 15 is 0 Å². The normalized spacial score (nSPS) is 10.3. The van der Waals surface area contributed by atoms with Crippen molar-refractivity contribution in [1.82, 2.24) is 0 Å². The van der Waals surface area contributed by atoms with Crippen molar-refractivity contribution >= 4 is 5.78 Å². The van der Waals surface area contributed by atoms with Crippen molar-refractivity contribution in [1.29, 1.82) is 0 Å². The van der Waals surface area contributed by atoms with Crippen LogP contribution in [-0.4, -0.2) is 17.4 Å².